The lowest BCUT2D eigenvalue weighted by Crippen LogP contribution is -1.97. The van der Waals surface area contributed by atoms with Gasteiger partial charge in [0.25, 0.3) is 0 Å². The van der Waals surface area contributed by atoms with Crippen LogP contribution in [0.2, 0.25) is 0 Å². The highest BCUT2D eigenvalue weighted by Gasteiger charge is 2.15. The molecular formula is C45H32Br2O9. The van der Waals surface area contributed by atoms with Crippen molar-refractivity contribution in [3.05, 3.63) is 183 Å². The lowest BCUT2D eigenvalue weighted by molar-refractivity contribution is -0.133. The van der Waals surface area contributed by atoms with Crippen LogP contribution >= 0.6 is 31.9 Å². The van der Waals surface area contributed by atoms with Gasteiger partial charge in [-0.05, 0) is 135 Å². The third kappa shape index (κ3) is 9.94. The second-order valence-corrected chi connectivity index (χ2v) is 14.0. The van der Waals surface area contributed by atoms with Gasteiger partial charge in [0, 0.05) is 8.95 Å². The summed E-state index contributed by atoms with van der Waals surface area (Å²) in [5.41, 5.74) is 7.97. The average Bonchev–Trinajstić information content (AvgIpc) is 3.18. The van der Waals surface area contributed by atoms with Gasteiger partial charge in [-0.3, -0.25) is 0 Å². The van der Waals surface area contributed by atoms with E-state index in [2.05, 4.69) is 38.4 Å². The molecule has 56 heavy (non-hydrogen) atoms. The number of benzene rings is 5. The largest absolute Gasteiger partial charge is 0.515 e. The molecule has 0 amide bonds. The van der Waals surface area contributed by atoms with E-state index in [-0.39, 0.29) is 22.3 Å². The van der Waals surface area contributed by atoms with Crippen LogP contribution in [0.3, 0.4) is 0 Å². The average molecular weight is 877 g/mol. The monoisotopic (exact) mass is 874 g/mol. The van der Waals surface area contributed by atoms with Crippen molar-refractivity contribution < 1.29 is 44.7 Å². The number of carboxylic acids is 4. The second kappa shape index (κ2) is 18.2. The Hall–Kier alpha value is -6.56. The minimum absolute atomic E-state index is 0.0247. The molecule has 0 aliphatic carbocycles. The van der Waals surface area contributed by atoms with Crippen molar-refractivity contribution in [2.45, 2.75) is 6.42 Å². The summed E-state index contributed by atoms with van der Waals surface area (Å²) in [6.45, 7) is 3.56. The van der Waals surface area contributed by atoms with Crippen molar-refractivity contribution in [2.24, 2.45) is 0 Å². The highest BCUT2D eigenvalue weighted by molar-refractivity contribution is 9.11. The van der Waals surface area contributed by atoms with Crippen molar-refractivity contribution in [3.8, 4) is 44.5 Å². The molecule has 5 aromatic carbocycles. The fraction of sp³-hybridized carbons (Fsp3) is 0.0222. The van der Waals surface area contributed by atoms with E-state index in [1.165, 1.54) is 42.5 Å². The normalized spacial score (nSPS) is 11.9. The van der Waals surface area contributed by atoms with Crippen molar-refractivity contribution in [1.29, 1.82) is 0 Å². The predicted octanol–water partition coefficient (Wildman–Crippen LogP) is 11.1. The summed E-state index contributed by atoms with van der Waals surface area (Å²) in [5.74, 6) is -4.46. The molecule has 11 heteroatoms. The molecule has 0 radical (unpaired) electrons. The van der Waals surface area contributed by atoms with Gasteiger partial charge < -0.3 is 25.5 Å². The number of carbonyl (C=O) groups is 4. The maximum atomic E-state index is 11.5. The van der Waals surface area contributed by atoms with Gasteiger partial charge in [0.2, 0.25) is 0 Å². The molecule has 0 aliphatic heterocycles. The molecule has 0 unspecified atom stereocenters. The molecule has 0 saturated carbocycles. The van der Waals surface area contributed by atoms with E-state index in [1.807, 2.05) is 48.5 Å². The first-order chi connectivity index (χ1) is 26.8. The summed E-state index contributed by atoms with van der Waals surface area (Å²) in [6.07, 6.45) is 9.87. The number of allylic oxidation sites excluding steroid dienone is 3. The summed E-state index contributed by atoms with van der Waals surface area (Å²) in [7, 11) is 0. The molecule has 0 atom stereocenters. The first-order valence-electron chi connectivity index (χ1n) is 16.7. The van der Waals surface area contributed by atoms with E-state index in [0.29, 0.717) is 12.7 Å². The van der Waals surface area contributed by atoms with Crippen LogP contribution in [0.15, 0.2) is 160 Å². The molecule has 0 bridgehead atoms. The Morgan fingerprint density at radius 2 is 1.05 bits per heavy atom. The third-order valence-electron chi connectivity index (χ3n) is 8.63. The number of halogens is 2. The predicted molar refractivity (Wildman–Crippen MR) is 224 cm³/mol. The number of hydrogen-bond donors (Lipinski definition) is 5. The number of rotatable bonds is 14. The number of hydrogen-bond acceptors (Lipinski definition) is 5. The van der Waals surface area contributed by atoms with Crippen LogP contribution in [0.4, 0.5) is 0 Å². The standard InChI is InChI=1S/C45H32Br2O9/c1-2-28(42(49)50)7-3-5-26-17-34(29-9-13-31(14-10-29)43(51)52)21-36(19-26)38-23-41(47)39(24-40(38)46)37-20-27(6-4-8-33(25-48)45(55)56)18-35(22-37)30-11-15-32(16-12-30)44(53)54/h2-5,7-25,48H,1,6H2,(H,49,50)(H,51,52)(H,53,54)(H,55,56)/b5-3+,8-4-,28-7+,33-25+. The quantitative estimate of drug-likeness (QED) is 0.0414. The maximum Gasteiger partial charge on any atom is 0.338 e. The fourth-order valence-corrected chi connectivity index (χ4v) is 6.93. The Morgan fingerprint density at radius 1 is 0.589 bits per heavy atom. The zero-order valence-corrected chi connectivity index (χ0v) is 32.5. The van der Waals surface area contributed by atoms with Crippen LogP contribution in [-0.4, -0.2) is 49.4 Å². The van der Waals surface area contributed by atoms with Crippen LogP contribution in [-0.2, 0) is 16.0 Å². The summed E-state index contributed by atoms with van der Waals surface area (Å²) in [4.78, 5) is 45.9. The summed E-state index contributed by atoms with van der Waals surface area (Å²) < 4.78 is 1.47. The first-order valence-corrected chi connectivity index (χ1v) is 18.3. The maximum absolute atomic E-state index is 11.5. The SMILES string of the molecule is C=C/C(=C\C=C\c1cc(-c2ccc(C(=O)O)cc2)cc(-c2cc(Br)c(-c3cc(C/C=C\C(=C/O)C(=O)O)cc(-c4ccc(C(=O)O)cc4)c3)cc2Br)c1)C(=O)O. The molecule has 280 valence electrons. The fourth-order valence-electron chi connectivity index (χ4n) is 5.78. The molecule has 0 saturated heterocycles. The Kier molecular flexibility index (Phi) is 13.2. The van der Waals surface area contributed by atoms with E-state index < -0.39 is 23.9 Å². The molecule has 0 spiro atoms. The van der Waals surface area contributed by atoms with Crippen molar-refractivity contribution in [2.75, 3.05) is 0 Å². The van der Waals surface area contributed by atoms with Gasteiger partial charge in [0.1, 0.15) is 0 Å². The molecular weight excluding hydrogens is 844 g/mol. The third-order valence-corrected chi connectivity index (χ3v) is 9.94. The topological polar surface area (TPSA) is 169 Å². The van der Waals surface area contributed by atoms with Crippen LogP contribution < -0.4 is 0 Å². The van der Waals surface area contributed by atoms with E-state index >= 15 is 0 Å². The summed E-state index contributed by atoms with van der Waals surface area (Å²) in [6, 6.07) is 28.6. The van der Waals surface area contributed by atoms with Gasteiger partial charge in [0.05, 0.1) is 28.5 Å². The highest BCUT2D eigenvalue weighted by Crippen LogP contribution is 2.41. The van der Waals surface area contributed by atoms with Crippen LogP contribution in [0, 0.1) is 0 Å². The summed E-state index contributed by atoms with van der Waals surface area (Å²) in [5, 5.41) is 46.9. The van der Waals surface area contributed by atoms with Gasteiger partial charge in [0.15, 0.2) is 0 Å². The smallest absolute Gasteiger partial charge is 0.338 e. The van der Waals surface area contributed by atoms with Gasteiger partial charge in [-0.15, -0.1) is 0 Å². The number of aliphatic hydroxyl groups excluding tert-OH is 1. The van der Waals surface area contributed by atoms with Crippen molar-refractivity contribution in [3.63, 3.8) is 0 Å². The number of aliphatic hydroxyl groups is 1. The first kappa shape index (κ1) is 40.6. The van der Waals surface area contributed by atoms with E-state index in [0.717, 1.165) is 64.6 Å². The lowest BCUT2D eigenvalue weighted by Gasteiger charge is -2.15. The Morgan fingerprint density at radius 3 is 1.52 bits per heavy atom. The van der Waals surface area contributed by atoms with Crippen LogP contribution in [0.25, 0.3) is 50.6 Å². The van der Waals surface area contributed by atoms with Crippen molar-refractivity contribution in [1.82, 2.24) is 0 Å². The second-order valence-electron chi connectivity index (χ2n) is 12.3. The lowest BCUT2D eigenvalue weighted by atomic mass is 9.92. The minimum Gasteiger partial charge on any atom is -0.515 e. The minimum atomic E-state index is -1.27. The zero-order valence-electron chi connectivity index (χ0n) is 29.3. The number of aliphatic carboxylic acids is 2. The van der Waals surface area contributed by atoms with Crippen LogP contribution in [0.1, 0.15) is 31.8 Å². The Bertz CT molecular complexity index is 2490. The molecule has 5 N–H and O–H groups in total. The Labute approximate surface area is 338 Å². The van der Waals surface area contributed by atoms with Crippen molar-refractivity contribution >= 4 is 61.8 Å². The molecule has 9 nitrogen and oxygen atoms in total. The van der Waals surface area contributed by atoms with Crippen LogP contribution in [0.5, 0.6) is 0 Å². The molecule has 0 aliphatic rings. The summed E-state index contributed by atoms with van der Waals surface area (Å²) >= 11 is 7.57. The number of carboxylic acid groups (broad SMARTS) is 4. The van der Waals surface area contributed by atoms with Gasteiger partial charge >= 0.3 is 23.9 Å². The number of aromatic carboxylic acids is 2. The zero-order chi connectivity index (χ0) is 40.5. The van der Waals surface area contributed by atoms with Gasteiger partial charge in [-0.25, -0.2) is 19.2 Å². The Balaban J connectivity index is 1.62. The molecule has 0 fully saturated rings. The van der Waals surface area contributed by atoms with Gasteiger partial charge in [-0.2, -0.15) is 0 Å². The molecule has 0 aromatic heterocycles. The van der Waals surface area contributed by atoms with Gasteiger partial charge in [-0.1, -0.05) is 99.1 Å². The highest BCUT2D eigenvalue weighted by atomic mass is 79.9. The van der Waals surface area contributed by atoms with E-state index in [4.69, 9.17) is 0 Å². The molecule has 5 aromatic rings. The molecule has 5 rings (SSSR count). The van der Waals surface area contributed by atoms with E-state index in [9.17, 15) is 44.7 Å². The molecule has 0 heterocycles. The van der Waals surface area contributed by atoms with E-state index in [1.54, 1.807) is 42.5 Å².